The summed E-state index contributed by atoms with van der Waals surface area (Å²) in [6.45, 7) is 0.740. The molecule has 0 saturated carbocycles. The van der Waals surface area contributed by atoms with Crippen LogP contribution < -0.4 is 0 Å². The van der Waals surface area contributed by atoms with E-state index in [4.69, 9.17) is 4.74 Å². The summed E-state index contributed by atoms with van der Waals surface area (Å²) < 4.78 is 7.41. The highest BCUT2D eigenvalue weighted by atomic mass is 16.5. The predicted molar refractivity (Wildman–Crippen MR) is 71.9 cm³/mol. The van der Waals surface area contributed by atoms with Gasteiger partial charge in [0, 0.05) is 12.2 Å². The third-order valence-corrected chi connectivity index (χ3v) is 3.46. The second kappa shape index (κ2) is 5.36. The minimum atomic E-state index is -0.105. The predicted octanol–water partition coefficient (Wildman–Crippen LogP) is 3.06. The summed E-state index contributed by atoms with van der Waals surface area (Å²) in [6.07, 6.45) is 5.62. The number of benzene rings is 1. The molecule has 0 N–H and O–H groups in total. The van der Waals surface area contributed by atoms with Crippen LogP contribution in [0.3, 0.4) is 0 Å². The van der Waals surface area contributed by atoms with Crippen molar-refractivity contribution in [1.29, 1.82) is 0 Å². The van der Waals surface area contributed by atoms with Gasteiger partial charge in [-0.2, -0.15) is 5.10 Å². The van der Waals surface area contributed by atoms with Crippen LogP contribution in [-0.4, -0.2) is 22.7 Å². The topological polar surface area (TPSA) is 44.1 Å². The fraction of sp³-hybridized carbons (Fsp3) is 0.333. The van der Waals surface area contributed by atoms with Crippen molar-refractivity contribution in [3.05, 3.63) is 42.2 Å². The second-order valence-corrected chi connectivity index (χ2v) is 4.69. The molecule has 1 fully saturated rings. The number of aromatic nitrogens is 2. The van der Waals surface area contributed by atoms with E-state index >= 15 is 0 Å². The molecule has 4 heteroatoms. The number of hydrogen-bond acceptors (Lipinski definition) is 3. The van der Waals surface area contributed by atoms with E-state index in [2.05, 4.69) is 5.10 Å². The first-order valence-corrected chi connectivity index (χ1v) is 6.60. The lowest BCUT2D eigenvalue weighted by Crippen LogP contribution is -2.20. The molecule has 1 aliphatic rings. The van der Waals surface area contributed by atoms with Crippen molar-refractivity contribution >= 4 is 6.29 Å². The Balaban J connectivity index is 1.99. The van der Waals surface area contributed by atoms with Crippen LogP contribution >= 0.6 is 0 Å². The molecule has 2 heterocycles. The molecular weight excluding hydrogens is 240 g/mol. The fourth-order valence-electron chi connectivity index (χ4n) is 2.48. The first-order chi connectivity index (χ1) is 9.40. The van der Waals surface area contributed by atoms with E-state index < -0.39 is 0 Å². The van der Waals surface area contributed by atoms with Crippen molar-refractivity contribution in [2.24, 2.45) is 0 Å². The van der Waals surface area contributed by atoms with Crippen LogP contribution in [0.1, 0.15) is 36.0 Å². The van der Waals surface area contributed by atoms with Gasteiger partial charge in [0.15, 0.2) is 12.5 Å². The Bertz CT molecular complexity index is 557. The molecule has 98 valence electrons. The van der Waals surface area contributed by atoms with Crippen LogP contribution in [0.25, 0.3) is 11.1 Å². The zero-order valence-electron chi connectivity index (χ0n) is 10.7. The molecule has 19 heavy (non-hydrogen) atoms. The summed E-state index contributed by atoms with van der Waals surface area (Å²) in [6, 6.07) is 9.83. The Labute approximate surface area is 112 Å². The maximum Gasteiger partial charge on any atom is 0.168 e. The molecule has 1 aromatic carbocycles. The van der Waals surface area contributed by atoms with Gasteiger partial charge in [0.25, 0.3) is 0 Å². The van der Waals surface area contributed by atoms with Gasteiger partial charge in [-0.25, -0.2) is 4.68 Å². The van der Waals surface area contributed by atoms with E-state index in [0.29, 0.717) is 5.69 Å². The van der Waals surface area contributed by atoms with Crippen LogP contribution in [0.4, 0.5) is 0 Å². The lowest BCUT2D eigenvalue weighted by atomic mass is 10.1. The smallest absolute Gasteiger partial charge is 0.168 e. The van der Waals surface area contributed by atoms with E-state index in [1.54, 1.807) is 10.9 Å². The lowest BCUT2D eigenvalue weighted by Gasteiger charge is -2.23. The van der Waals surface area contributed by atoms with Gasteiger partial charge in [-0.1, -0.05) is 30.3 Å². The van der Waals surface area contributed by atoms with Crippen LogP contribution in [-0.2, 0) is 4.74 Å². The molecule has 0 radical (unpaired) electrons. The Morgan fingerprint density at radius 2 is 2.11 bits per heavy atom. The molecule has 1 atom stereocenters. The van der Waals surface area contributed by atoms with E-state index in [0.717, 1.165) is 43.3 Å². The number of ether oxygens (including phenoxy) is 1. The molecule has 4 nitrogen and oxygen atoms in total. The van der Waals surface area contributed by atoms with Crippen molar-refractivity contribution in [2.45, 2.75) is 25.5 Å². The largest absolute Gasteiger partial charge is 0.356 e. The first kappa shape index (κ1) is 12.1. The monoisotopic (exact) mass is 256 g/mol. The van der Waals surface area contributed by atoms with Gasteiger partial charge in [-0.3, -0.25) is 4.79 Å². The maximum atomic E-state index is 11.4. The highest BCUT2D eigenvalue weighted by Gasteiger charge is 2.21. The average Bonchev–Trinajstić information content (AvgIpc) is 2.93. The third kappa shape index (κ3) is 2.31. The minimum absolute atomic E-state index is 0.105. The number of nitrogens with zero attached hydrogens (tertiary/aromatic N) is 2. The zero-order valence-corrected chi connectivity index (χ0v) is 10.7. The summed E-state index contributed by atoms with van der Waals surface area (Å²) in [5, 5.41) is 4.35. The Morgan fingerprint density at radius 3 is 2.79 bits per heavy atom. The number of aldehydes is 1. The number of carbonyl (C=O) groups is 1. The lowest BCUT2D eigenvalue weighted by molar-refractivity contribution is -0.0402. The summed E-state index contributed by atoms with van der Waals surface area (Å²) in [5.74, 6) is 0. The van der Waals surface area contributed by atoms with Crippen LogP contribution in [0, 0.1) is 0 Å². The number of rotatable bonds is 3. The quantitative estimate of drug-likeness (QED) is 0.793. The molecule has 3 rings (SSSR count). The summed E-state index contributed by atoms with van der Waals surface area (Å²) in [7, 11) is 0. The Hall–Kier alpha value is -1.94. The van der Waals surface area contributed by atoms with Gasteiger partial charge in [0.05, 0.1) is 6.20 Å². The number of hydrogen-bond donors (Lipinski definition) is 0. The van der Waals surface area contributed by atoms with Crippen molar-refractivity contribution in [3.63, 3.8) is 0 Å². The molecule has 0 bridgehead atoms. The van der Waals surface area contributed by atoms with Crippen LogP contribution in [0.15, 0.2) is 36.5 Å². The van der Waals surface area contributed by atoms with E-state index in [1.807, 2.05) is 30.3 Å². The molecule has 1 unspecified atom stereocenters. The molecular formula is C15H16N2O2. The molecule has 0 aliphatic carbocycles. The molecule has 1 aromatic heterocycles. The van der Waals surface area contributed by atoms with Crippen LogP contribution in [0.5, 0.6) is 0 Å². The molecule has 0 spiro atoms. The third-order valence-electron chi connectivity index (χ3n) is 3.46. The van der Waals surface area contributed by atoms with E-state index in [1.165, 1.54) is 0 Å². The number of carbonyl (C=O) groups excluding carboxylic acids is 1. The maximum absolute atomic E-state index is 11.4. The molecule has 2 aromatic rings. The highest BCUT2D eigenvalue weighted by molar-refractivity contribution is 5.85. The van der Waals surface area contributed by atoms with Crippen molar-refractivity contribution in [3.8, 4) is 11.1 Å². The molecule has 0 amide bonds. The van der Waals surface area contributed by atoms with Gasteiger partial charge in [0.2, 0.25) is 0 Å². The minimum Gasteiger partial charge on any atom is -0.356 e. The fourth-order valence-corrected chi connectivity index (χ4v) is 2.48. The molecule has 1 aliphatic heterocycles. The zero-order chi connectivity index (χ0) is 13.1. The van der Waals surface area contributed by atoms with Gasteiger partial charge in [-0.15, -0.1) is 0 Å². The van der Waals surface area contributed by atoms with Crippen molar-refractivity contribution in [1.82, 2.24) is 9.78 Å². The second-order valence-electron chi connectivity index (χ2n) is 4.69. The van der Waals surface area contributed by atoms with E-state index in [9.17, 15) is 4.79 Å². The normalized spacial score (nSPS) is 19.3. The molecule has 1 saturated heterocycles. The standard InChI is InChI=1S/C15H16N2O2/c18-11-14-13(12-6-2-1-3-7-12)10-16-17(14)15-8-4-5-9-19-15/h1-3,6-7,10-11,15H,4-5,8-9H2. The average molecular weight is 256 g/mol. The van der Waals surface area contributed by atoms with Crippen molar-refractivity contribution < 1.29 is 9.53 Å². The summed E-state index contributed by atoms with van der Waals surface area (Å²) in [5.41, 5.74) is 2.47. The van der Waals surface area contributed by atoms with Gasteiger partial charge in [-0.05, 0) is 24.8 Å². The van der Waals surface area contributed by atoms with Gasteiger partial charge < -0.3 is 4.74 Å². The van der Waals surface area contributed by atoms with Crippen LogP contribution in [0.2, 0.25) is 0 Å². The summed E-state index contributed by atoms with van der Waals surface area (Å²) in [4.78, 5) is 11.4. The first-order valence-electron chi connectivity index (χ1n) is 6.60. The highest BCUT2D eigenvalue weighted by Crippen LogP contribution is 2.28. The SMILES string of the molecule is O=Cc1c(-c2ccccc2)cnn1C1CCCCO1. The van der Waals surface area contributed by atoms with E-state index in [-0.39, 0.29) is 6.23 Å². The Morgan fingerprint density at radius 1 is 1.26 bits per heavy atom. The van der Waals surface area contributed by atoms with Gasteiger partial charge in [0.1, 0.15) is 5.69 Å². The Kier molecular flexibility index (Phi) is 3.42. The summed E-state index contributed by atoms with van der Waals surface area (Å²) >= 11 is 0. The van der Waals surface area contributed by atoms with Gasteiger partial charge >= 0.3 is 0 Å². The van der Waals surface area contributed by atoms with Crippen molar-refractivity contribution in [2.75, 3.05) is 6.61 Å².